The Bertz CT molecular complexity index is 384. The summed E-state index contributed by atoms with van der Waals surface area (Å²) in [6, 6.07) is 9.31. The zero-order valence-corrected chi connectivity index (χ0v) is 9.71. The minimum atomic E-state index is 0.0862. The molecule has 1 aliphatic rings. The van der Waals surface area contributed by atoms with Gasteiger partial charge in [-0.15, -0.1) is 0 Å². The number of piperidine rings is 1. The van der Waals surface area contributed by atoms with E-state index in [0.717, 1.165) is 31.5 Å². The highest BCUT2D eigenvalue weighted by molar-refractivity contribution is 5.94. The summed E-state index contributed by atoms with van der Waals surface area (Å²) >= 11 is 0. The van der Waals surface area contributed by atoms with Crippen LogP contribution in [-0.4, -0.2) is 30.4 Å². The fourth-order valence-corrected chi connectivity index (χ4v) is 2.19. The summed E-state index contributed by atoms with van der Waals surface area (Å²) in [6.45, 7) is 1.84. The highest BCUT2D eigenvalue weighted by Crippen LogP contribution is 2.19. The lowest BCUT2D eigenvalue weighted by molar-refractivity contribution is 0.0693. The van der Waals surface area contributed by atoms with Gasteiger partial charge in [-0.2, -0.15) is 4.91 Å². The van der Waals surface area contributed by atoms with Gasteiger partial charge >= 0.3 is 0 Å². The molecule has 1 aliphatic heterocycles. The van der Waals surface area contributed by atoms with E-state index in [-0.39, 0.29) is 5.91 Å². The van der Waals surface area contributed by atoms with Crippen molar-refractivity contribution in [1.82, 2.24) is 4.90 Å². The number of likely N-dealkylation sites (tertiary alicyclic amines) is 1. The van der Waals surface area contributed by atoms with Crippen LogP contribution < -0.4 is 0 Å². The molecule has 0 radical (unpaired) electrons. The standard InChI is InChI=1S/C13H16N2O2/c16-13(12-4-2-1-3-5-12)15-8-6-11(7-9-15)10-14-17/h1-5,11H,6-10H2. The van der Waals surface area contributed by atoms with E-state index in [1.165, 1.54) is 0 Å². The van der Waals surface area contributed by atoms with Crippen molar-refractivity contribution < 1.29 is 4.79 Å². The van der Waals surface area contributed by atoms with Gasteiger partial charge in [0.1, 0.15) is 0 Å². The zero-order chi connectivity index (χ0) is 12.1. The average molecular weight is 232 g/mol. The number of hydrogen-bond donors (Lipinski definition) is 0. The van der Waals surface area contributed by atoms with E-state index >= 15 is 0 Å². The fraction of sp³-hybridized carbons (Fsp3) is 0.462. The summed E-state index contributed by atoms with van der Waals surface area (Å²) in [5.74, 6) is 0.440. The molecular formula is C13H16N2O2. The lowest BCUT2D eigenvalue weighted by Gasteiger charge is -2.30. The summed E-state index contributed by atoms with van der Waals surface area (Å²) in [4.78, 5) is 24.1. The van der Waals surface area contributed by atoms with E-state index in [9.17, 15) is 9.70 Å². The Morgan fingerprint density at radius 3 is 2.47 bits per heavy atom. The maximum atomic E-state index is 12.1. The van der Waals surface area contributed by atoms with Crippen molar-refractivity contribution in [3.05, 3.63) is 40.8 Å². The number of benzene rings is 1. The summed E-state index contributed by atoms with van der Waals surface area (Å²) in [7, 11) is 0. The minimum absolute atomic E-state index is 0.0862. The Morgan fingerprint density at radius 1 is 1.24 bits per heavy atom. The molecule has 0 N–H and O–H groups in total. The van der Waals surface area contributed by atoms with Crippen LogP contribution in [0, 0.1) is 10.8 Å². The van der Waals surface area contributed by atoms with Gasteiger partial charge in [0.15, 0.2) is 0 Å². The van der Waals surface area contributed by atoms with Crippen molar-refractivity contribution >= 4 is 5.91 Å². The quantitative estimate of drug-likeness (QED) is 0.751. The minimum Gasteiger partial charge on any atom is -0.339 e. The summed E-state index contributed by atoms with van der Waals surface area (Å²) < 4.78 is 0. The van der Waals surface area contributed by atoms with Crippen LogP contribution in [0.5, 0.6) is 0 Å². The fourth-order valence-electron chi connectivity index (χ4n) is 2.19. The first kappa shape index (κ1) is 11.8. The van der Waals surface area contributed by atoms with Crippen molar-refractivity contribution in [3.8, 4) is 0 Å². The van der Waals surface area contributed by atoms with Crippen LogP contribution in [0.25, 0.3) is 0 Å². The van der Waals surface area contributed by atoms with Crippen molar-refractivity contribution in [2.45, 2.75) is 12.8 Å². The van der Waals surface area contributed by atoms with Gasteiger partial charge in [0.25, 0.3) is 5.91 Å². The molecule has 4 heteroatoms. The molecule has 2 rings (SSSR count). The van der Waals surface area contributed by atoms with Gasteiger partial charge in [-0.25, -0.2) is 0 Å². The second kappa shape index (κ2) is 5.57. The normalized spacial score (nSPS) is 16.8. The van der Waals surface area contributed by atoms with Gasteiger partial charge in [-0.1, -0.05) is 23.4 Å². The maximum absolute atomic E-state index is 12.1. The van der Waals surface area contributed by atoms with E-state index in [1.807, 2.05) is 35.2 Å². The van der Waals surface area contributed by atoms with E-state index in [1.54, 1.807) is 0 Å². The van der Waals surface area contributed by atoms with Gasteiger partial charge in [-0.3, -0.25) is 4.79 Å². The Kier molecular flexibility index (Phi) is 3.85. The summed E-state index contributed by atoms with van der Waals surface area (Å²) in [5.41, 5.74) is 0.736. The van der Waals surface area contributed by atoms with Crippen molar-refractivity contribution in [3.63, 3.8) is 0 Å². The molecule has 1 aromatic rings. The van der Waals surface area contributed by atoms with Crippen molar-refractivity contribution in [1.29, 1.82) is 0 Å². The number of carbonyl (C=O) groups is 1. The number of hydrogen-bond acceptors (Lipinski definition) is 3. The number of nitroso groups, excluding NO2 is 1. The van der Waals surface area contributed by atoms with E-state index < -0.39 is 0 Å². The predicted octanol–water partition coefficient (Wildman–Crippen LogP) is 2.31. The largest absolute Gasteiger partial charge is 0.339 e. The zero-order valence-electron chi connectivity index (χ0n) is 9.71. The third kappa shape index (κ3) is 2.90. The highest BCUT2D eigenvalue weighted by Gasteiger charge is 2.23. The van der Waals surface area contributed by atoms with Crippen LogP contribution in [0.1, 0.15) is 23.2 Å². The SMILES string of the molecule is O=NCC1CCN(C(=O)c2ccccc2)CC1. The van der Waals surface area contributed by atoms with Crippen LogP contribution in [-0.2, 0) is 0 Å². The lowest BCUT2D eigenvalue weighted by Crippen LogP contribution is -2.39. The first-order valence-corrected chi connectivity index (χ1v) is 5.94. The van der Waals surface area contributed by atoms with Gasteiger partial charge in [-0.05, 0) is 30.9 Å². The molecule has 0 saturated carbocycles. The number of amides is 1. The molecule has 0 atom stereocenters. The van der Waals surface area contributed by atoms with Gasteiger partial charge in [0.05, 0.1) is 6.54 Å². The molecule has 1 saturated heterocycles. The first-order valence-electron chi connectivity index (χ1n) is 5.94. The summed E-state index contributed by atoms with van der Waals surface area (Å²) in [6.07, 6.45) is 1.76. The average Bonchev–Trinajstić information content (AvgIpc) is 2.40. The Morgan fingerprint density at radius 2 is 1.88 bits per heavy atom. The number of rotatable bonds is 3. The van der Waals surface area contributed by atoms with Crippen molar-refractivity contribution in [2.75, 3.05) is 19.6 Å². The molecule has 0 bridgehead atoms. The van der Waals surface area contributed by atoms with Crippen molar-refractivity contribution in [2.24, 2.45) is 11.1 Å². The molecule has 1 heterocycles. The Balaban J connectivity index is 1.93. The third-order valence-corrected chi connectivity index (χ3v) is 3.26. The smallest absolute Gasteiger partial charge is 0.253 e. The molecule has 0 aliphatic carbocycles. The van der Waals surface area contributed by atoms with Gasteiger partial charge in [0.2, 0.25) is 0 Å². The van der Waals surface area contributed by atoms with Crippen LogP contribution in [0.2, 0.25) is 0 Å². The monoisotopic (exact) mass is 232 g/mol. The van der Waals surface area contributed by atoms with E-state index in [0.29, 0.717) is 12.5 Å². The lowest BCUT2D eigenvalue weighted by atomic mass is 9.96. The molecule has 90 valence electrons. The number of nitrogens with zero attached hydrogens (tertiary/aromatic N) is 2. The molecule has 17 heavy (non-hydrogen) atoms. The second-order valence-electron chi connectivity index (χ2n) is 4.41. The third-order valence-electron chi connectivity index (χ3n) is 3.26. The molecule has 1 aromatic carbocycles. The molecule has 0 spiro atoms. The number of carbonyl (C=O) groups excluding carboxylic acids is 1. The Labute approximate surface area is 101 Å². The van der Waals surface area contributed by atoms with Gasteiger partial charge < -0.3 is 4.90 Å². The predicted molar refractivity (Wildman–Crippen MR) is 65.7 cm³/mol. The Hall–Kier alpha value is -1.71. The summed E-state index contributed by atoms with van der Waals surface area (Å²) in [5, 5.41) is 2.93. The molecule has 0 aromatic heterocycles. The van der Waals surface area contributed by atoms with Crippen LogP contribution in [0.15, 0.2) is 35.5 Å². The highest BCUT2D eigenvalue weighted by atomic mass is 16.3. The second-order valence-corrected chi connectivity index (χ2v) is 4.41. The molecule has 1 amide bonds. The molecule has 4 nitrogen and oxygen atoms in total. The first-order chi connectivity index (χ1) is 8.31. The maximum Gasteiger partial charge on any atom is 0.253 e. The molecule has 1 fully saturated rings. The van der Waals surface area contributed by atoms with Gasteiger partial charge in [0, 0.05) is 18.7 Å². The molecular weight excluding hydrogens is 216 g/mol. The van der Waals surface area contributed by atoms with Crippen LogP contribution in [0.3, 0.4) is 0 Å². The molecule has 0 unspecified atom stereocenters. The van der Waals surface area contributed by atoms with E-state index in [4.69, 9.17) is 0 Å². The van der Waals surface area contributed by atoms with Crippen LogP contribution >= 0.6 is 0 Å². The topological polar surface area (TPSA) is 49.7 Å². The van der Waals surface area contributed by atoms with E-state index in [2.05, 4.69) is 5.18 Å². The van der Waals surface area contributed by atoms with Crippen LogP contribution in [0.4, 0.5) is 0 Å².